The molecule has 6 nitrogen and oxygen atoms in total. The SMILES string of the molecule is N=Cc1c(N)cc(O)cc1N1CCC(C(=O)O)CC1. The molecule has 1 aromatic carbocycles. The van der Waals surface area contributed by atoms with Gasteiger partial charge in [-0.05, 0) is 12.8 Å². The van der Waals surface area contributed by atoms with Crippen LogP contribution in [0.3, 0.4) is 0 Å². The highest BCUT2D eigenvalue weighted by Gasteiger charge is 2.26. The molecule has 1 aromatic rings. The maximum Gasteiger partial charge on any atom is 0.306 e. The van der Waals surface area contributed by atoms with Gasteiger partial charge in [0.05, 0.1) is 11.6 Å². The van der Waals surface area contributed by atoms with Crippen molar-refractivity contribution in [3.63, 3.8) is 0 Å². The maximum absolute atomic E-state index is 10.9. The van der Waals surface area contributed by atoms with Crippen LogP contribution >= 0.6 is 0 Å². The molecule has 0 aromatic heterocycles. The summed E-state index contributed by atoms with van der Waals surface area (Å²) in [6.07, 6.45) is 2.28. The first-order valence-electron chi connectivity index (χ1n) is 6.13. The Labute approximate surface area is 111 Å². The number of nitrogens with two attached hydrogens (primary N) is 1. The van der Waals surface area contributed by atoms with Gasteiger partial charge in [0.2, 0.25) is 0 Å². The number of carboxylic acid groups (broad SMARTS) is 1. The third-order valence-corrected chi connectivity index (χ3v) is 3.50. The van der Waals surface area contributed by atoms with Crippen molar-refractivity contribution < 1.29 is 15.0 Å². The highest BCUT2D eigenvalue weighted by Crippen LogP contribution is 2.32. The van der Waals surface area contributed by atoms with Gasteiger partial charge in [0.25, 0.3) is 0 Å². The first-order valence-corrected chi connectivity index (χ1v) is 6.13. The number of aromatic hydroxyl groups is 1. The van der Waals surface area contributed by atoms with Gasteiger partial charge >= 0.3 is 5.97 Å². The Morgan fingerprint density at radius 3 is 2.58 bits per heavy atom. The van der Waals surface area contributed by atoms with E-state index in [4.69, 9.17) is 16.2 Å². The zero-order valence-corrected chi connectivity index (χ0v) is 10.5. The second-order valence-electron chi connectivity index (χ2n) is 4.71. The number of nitrogen functional groups attached to an aromatic ring is 1. The molecular weight excluding hydrogens is 246 g/mol. The van der Waals surface area contributed by atoms with E-state index in [1.165, 1.54) is 6.07 Å². The van der Waals surface area contributed by atoms with Crippen LogP contribution in [0.25, 0.3) is 0 Å². The Morgan fingerprint density at radius 1 is 1.42 bits per heavy atom. The van der Waals surface area contributed by atoms with Gasteiger partial charge in [0.15, 0.2) is 0 Å². The third-order valence-electron chi connectivity index (χ3n) is 3.50. The molecule has 1 saturated heterocycles. The largest absolute Gasteiger partial charge is 0.508 e. The van der Waals surface area contributed by atoms with Crippen LogP contribution in [0.15, 0.2) is 12.1 Å². The van der Waals surface area contributed by atoms with Gasteiger partial charge in [-0.25, -0.2) is 0 Å². The monoisotopic (exact) mass is 263 g/mol. The van der Waals surface area contributed by atoms with Crippen molar-refractivity contribution in [1.82, 2.24) is 0 Å². The van der Waals surface area contributed by atoms with Gasteiger partial charge in [0.1, 0.15) is 5.75 Å². The summed E-state index contributed by atoms with van der Waals surface area (Å²) >= 11 is 0. The predicted molar refractivity (Wildman–Crippen MR) is 73.0 cm³/mol. The number of phenols is 1. The lowest BCUT2D eigenvalue weighted by atomic mass is 9.96. The molecule has 0 aliphatic carbocycles. The summed E-state index contributed by atoms with van der Waals surface area (Å²) in [5, 5.41) is 26.0. The van der Waals surface area contributed by atoms with E-state index in [-0.39, 0.29) is 11.7 Å². The average Bonchev–Trinajstić information content (AvgIpc) is 2.38. The number of carbonyl (C=O) groups is 1. The molecule has 0 unspecified atom stereocenters. The van der Waals surface area contributed by atoms with Crippen LogP contribution in [0.5, 0.6) is 5.75 Å². The van der Waals surface area contributed by atoms with Crippen molar-refractivity contribution in [1.29, 1.82) is 5.41 Å². The summed E-state index contributed by atoms with van der Waals surface area (Å²) in [5.41, 5.74) is 7.39. The maximum atomic E-state index is 10.9. The normalized spacial score (nSPS) is 16.3. The highest BCUT2D eigenvalue weighted by atomic mass is 16.4. The van der Waals surface area contributed by atoms with Crippen LogP contribution in [0.2, 0.25) is 0 Å². The summed E-state index contributed by atoms with van der Waals surface area (Å²) < 4.78 is 0. The lowest BCUT2D eigenvalue weighted by Gasteiger charge is -2.33. The summed E-state index contributed by atoms with van der Waals surface area (Å²) in [7, 11) is 0. The van der Waals surface area contributed by atoms with Crippen molar-refractivity contribution in [2.75, 3.05) is 23.7 Å². The van der Waals surface area contributed by atoms with E-state index in [2.05, 4.69) is 0 Å². The quantitative estimate of drug-likeness (QED) is 0.485. The lowest BCUT2D eigenvalue weighted by molar-refractivity contribution is -0.142. The molecule has 0 saturated carbocycles. The number of phenolic OH excluding ortho intramolecular Hbond substituents is 1. The first kappa shape index (κ1) is 13.2. The smallest absolute Gasteiger partial charge is 0.306 e. The fourth-order valence-electron chi connectivity index (χ4n) is 2.43. The minimum absolute atomic E-state index is 0.0541. The summed E-state index contributed by atoms with van der Waals surface area (Å²) in [5.74, 6) is -1.02. The molecule has 19 heavy (non-hydrogen) atoms. The standard InChI is InChI=1S/C13H17N3O3/c14-7-10-11(15)5-9(17)6-12(10)16-3-1-8(2-4-16)13(18)19/h5-8,14,17H,1-4,15H2,(H,18,19). The van der Waals surface area contributed by atoms with Gasteiger partial charge in [-0.15, -0.1) is 0 Å². The number of hydrogen-bond donors (Lipinski definition) is 4. The molecule has 0 amide bonds. The molecule has 0 radical (unpaired) electrons. The first-order chi connectivity index (χ1) is 9.02. The number of carboxylic acids is 1. The number of anilines is 2. The molecule has 0 bridgehead atoms. The second kappa shape index (κ2) is 5.17. The van der Waals surface area contributed by atoms with Crippen molar-refractivity contribution in [2.24, 2.45) is 5.92 Å². The average molecular weight is 263 g/mol. The predicted octanol–water partition coefficient (Wildman–Crippen LogP) is 1.27. The zero-order valence-electron chi connectivity index (χ0n) is 10.5. The Bertz CT molecular complexity index is 508. The summed E-state index contributed by atoms with van der Waals surface area (Å²) in [6, 6.07) is 2.98. The van der Waals surface area contributed by atoms with E-state index in [0.29, 0.717) is 42.9 Å². The van der Waals surface area contributed by atoms with Crippen molar-refractivity contribution in [3.8, 4) is 5.75 Å². The fraction of sp³-hybridized carbons (Fsp3) is 0.385. The molecule has 2 rings (SSSR count). The third kappa shape index (κ3) is 2.62. The Balaban J connectivity index is 2.24. The molecule has 1 aliphatic heterocycles. The van der Waals surface area contributed by atoms with Crippen LogP contribution in [0.1, 0.15) is 18.4 Å². The van der Waals surface area contributed by atoms with E-state index in [0.717, 1.165) is 6.21 Å². The van der Waals surface area contributed by atoms with Crippen LogP contribution < -0.4 is 10.6 Å². The lowest BCUT2D eigenvalue weighted by Crippen LogP contribution is -2.36. The second-order valence-corrected chi connectivity index (χ2v) is 4.71. The zero-order chi connectivity index (χ0) is 14.0. The Hall–Kier alpha value is -2.24. The fourth-order valence-corrected chi connectivity index (χ4v) is 2.43. The molecule has 102 valence electrons. The van der Waals surface area contributed by atoms with Gasteiger partial charge in [-0.3, -0.25) is 4.79 Å². The van der Waals surface area contributed by atoms with Crippen molar-refractivity contribution >= 4 is 23.6 Å². The number of piperidine rings is 1. The number of benzene rings is 1. The van der Waals surface area contributed by atoms with Gasteiger partial charge in [0, 0.05) is 42.7 Å². The number of nitrogens with one attached hydrogen (secondary N) is 1. The summed E-state index contributed by atoms with van der Waals surface area (Å²) in [6.45, 7) is 1.17. The van der Waals surface area contributed by atoms with E-state index in [1.54, 1.807) is 6.07 Å². The number of hydrogen-bond acceptors (Lipinski definition) is 5. The Kier molecular flexibility index (Phi) is 3.59. The van der Waals surface area contributed by atoms with Crippen molar-refractivity contribution in [2.45, 2.75) is 12.8 Å². The topological polar surface area (TPSA) is 111 Å². The van der Waals surface area contributed by atoms with E-state index >= 15 is 0 Å². The van der Waals surface area contributed by atoms with E-state index in [1.807, 2.05) is 4.90 Å². The van der Waals surface area contributed by atoms with Gasteiger partial charge in [-0.1, -0.05) is 0 Å². The van der Waals surface area contributed by atoms with Crippen molar-refractivity contribution in [3.05, 3.63) is 17.7 Å². The number of nitrogens with zero attached hydrogens (tertiary/aromatic N) is 1. The van der Waals surface area contributed by atoms with E-state index in [9.17, 15) is 9.90 Å². The molecule has 1 aliphatic rings. The molecule has 1 fully saturated rings. The minimum Gasteiger partial charge on any atom is -0.508 e. The van der Waals surface area contributed by atoms with E-state index < -0.39 is 5.97 Å². The number of aliphatic carboxylic acids is 1. The highest BCUT2D eigenvalue weighted by molar-refractivity contribution is 5.94. The van der Waals surface area contributed by atoms with Gasteiger partial charge in [-0.2, -0.15) is 0 Å². The number of rotatable bonds is 3. The van der Waals surface area contributed by atoms with Crippen LogP contribution in [-0.4, -0.2) is 35.5 Å². The van der Waals surface area contributed by atoms with Crippen LogP contribution in [0, 0.1) is 11.3 Å². The molecule has 5 N–H and O–H groups in total. The molecule has 0 atom stereocenters. The Morgan fingerprint density at radius 2 is 2.05 bits per heavy atom. The molecule has 1 heterocycles. The van der Waals surface area contributed by atoms with Crippen LogP contribution in [-0.2, 0) is 4.79 Å². The van der Waals surface area contributed by atoms with Crippen LogP contribution in [0.4, 0.5) is 11.4 Å². The summed E-state index contributed by atoms with van der Waals surface area (Å²) in [4.78, 5) is 12.9. The minimum atomic E-state index is -0.762. The molecule has 0 spiro atoms. The van der Waals surface area contributed by atoms with Gasteiger partial charge < -0.3 is 26.3 Å². The molecule has 6 heteroatoms. The molecular formula is C13H17N3O3.